The molecule has 1 unspecified atom stereocenters. The van der Waals surface area contributed by atoms with Crippen LogP contribution in [0.1, 0.15) is 29.5 Å². The molecule has 1 heterocycles. The summed E-state index contributed by atoms with van der Waals surface area (Å²) in [6, 6.07) is 5.88. The highest BCUT2D eigenvalue weighted by Crippen LogP contribution is 2.21. The van der Waals surface area contributed by atoms with Gasteiger partial charge in [0, 0.05) is 23.1 Å². The minimum atomic E-state index is -0.342. The Labute approximate surface area is 135 Å². The van der Waals surface area contributed by atoms with Crippen LogP contribution < -0.4 is 15.8 Å². The Balaban J connectivity index is 1.82. The lowest BCUT2D eigenvalue weighted by Gasteiger charge is -2.15. The summed E-state index contributed by atoms with van der Waals surface area (Å²) in [7, 11) is 1.97. The minimum absolute atomic E-state index is 0.0734. The van der Waals surface area contributed by atoms with Crippen LogP contribution in [0, 0.1) is 13.8 Å². The lowest BCUT2D eigenvalue weighted by atomic mass is 10.0. The van der Waals surface area contributed by atoms with Crippen molar-refractivity contribution in [2.45, 2.75) is 39.3 Å². The second-order valence-corrected chi connectivity index (χ2v) is 6.68. The monoisotopic (exact) mass is 315 g/mol. The van der Waals surface area contributed by atoms with Crippen LogP contribution in [0.25, 0.3) is 11.0 Å². The molecule has 1 fully saturated rings. The number of carbonyl (C=O) groups is 1. The quantitative estimate of drug-likeness (QED) is 0.799. The predicted octanol–water partition coefficient (Wildman–Crippen LogP) is 0.703. The Kier molecular flexibility index (Phi) is 4.22. The number of hydrogen-bond donors (Lipinski definition) is 2. The fourth-order valence-corrected chi connectivity index (χ4v) is 2.80. The van der Waals surface area contributed by atoms with Gasteiger partial charge in [-0.15, -0.1) is 0 Å². The SMILES string of the molecule is Cc1cc2oc(=O)cc(C[NH+](C)CC(=O)NC3CC3)c2cc1C. The van der Waals surface area contributed by atoms with Crippen molar-refractivity contribution in [3.63, 3.8) is 0 Å². The van der Waals surface area contributed by atoms with Gasteiger partial charge in [0.25, 0.3) is 5.91 Å². The van der Waals surface area contributed by atoms with E-state index in [9.17, 15) is 9.59 Å². The topological polar surface area (TPSA) is 63.8 Å². The average molecular weight is 315 g/mol. The number of carbonyl (C=O) groups excluding carboxylic acids is 1. The van der Waals surface area contributed by atoms with Crippen molar-refractivity contribution in [1.82, 2.24) is 5.32 Å². The molecular weight excluding hydrogens is 292 g/mol. The molecule has 1 atom stereocenters. The third kappa shape index (κ3) is 3.79. The van der Waals surface area contributed by atoms with E-state index < -0.39 is 0 Å². The van der Waals surface area contributed by atoms with Gasteiger partial charge in [0.2, 0.25) is 0 Å². The first-order valence-electron chi connectivity index (χ1n) is 8.07. The van der Waals surface area contributed by atoms with E-state index in [1.165, 1.54) is 0 Å². The Hall–Kier alpha value is -2.14. The lowest BCUT2D eigenvalue weighted by Crippen LogP contribution is -3.09. The van der Waals surface area contributed by atoms with Gasteiger partial charge in [-0.1, -0.05) is 0 Å². The third-order valence-electron chi connectivity index (χ3n) is 4.34. The molecule has 0 radical (unpaired) electrons. The molecule has 1 aliphatic rings. The number of likely N-dealkylation sites (N-methyl/N-ethyl adjacent to an activating group) is 1. The molecule has 2 aromatic rings. The molecule has 0 bridgehead atoms. The van der Waals surface area contributed by atoms with E-state index in [0.29, 0.717) is 24.7 Å². The molecule has 5 heteroatoms. The highest BCUT2D eigenvalue weighted by atomic mass is 16.4. The highest BCUT2D eigenvalue weighted by molar-refractivity contribution is 5.82. The molecule has 1 saturated carbocycles. The van der Waals surface area contributed by atoms with Crippen LogP contribution in [-0.2, 0) is 11.3 Å². The number of quaternary nitrogens is 1. The summed E-state index contributed by atoms with van der Waals surface area (Å²) in [5, 5.41) is 3.95. The Morgan fingerprint density at radius 2 is 1.96 bits per heavy atom. The second-order valence-electron chi connectivity index (χ2n) is 6.68. The maximum atomic E-state index is 11.9. The van der Waals surface area contributed by atoms with Crippen molar-refractivity contribution in [2.75, 3.05) is 13.6 Å². The predicted molar refractivity (Wildman–Crippen MR) is 88.6 cm³/mol. The number of rotatable bonds is 5. The maximum absolute atomic E-state index is 11.9. The summed E-state index contributed by atoms with van der Waals surface area (Å²) in [5.41, 5.74) is 3.46. The Morgan fingerprint density at radius 3 is 2.65 bits per heavy atom. The van der Waals surface area contributed by atoms with Crippen LogP contribution in [-0.4, -0.2) is 25.5 Å². The van der Waals surface area contributed by atoms with Gasteiger partial charge in [-0.2, -0.15) is 0 Å². The van der Waals surface area contributed by atoms with Gasteiger partial charge in [-0.05, 0) is 49.9 Å². The zero-order valence-corrected chi connectivity index (χ0v) is 13.9. The standard InChI is InChI=1S/C18H22N2O3/c1-11-6-15-13(8-18(22)23-16(15)7-12(11)2)9-20(3)10-17(21)19-14-4-5-14/h6-8,14H,4-5,9-10H2,1-3H3,(H,19,21)/p+1. The smallest absolute Gasteiger partial charge is 0.336 e. The zero-order valence-electron chi connectivity index (χ0n) is 13.9. The van der Waals surface area contributed by atoms with Crippen LogP contribution in [0.3, 0.4) is 0 Å². The van der Waals surface area contributed by atoms with Crippen LogP contribution in [0.5, 0.6) is 0 Å². The average Bonchev–Trinajstić information content (AvgIpc) is 3.24. The maximum Gasteiger partial charge on any atom is 0.336 e. The first-order valence-corrected chi connectivity index (χ1v) is 8.07. The highest BCUT2D eigenvalue weighted by Gasteiger charge is 2.24. The first-order chi connectivity index (χ1) is 10.9. The summed E-state index contributed by atoms with van der Waals surface area (Å²) >= 11 is 0. The molecule has 2 N–H and O–H groups in total. The molecule has 0 spiro atoms. The van der Waals surface area contributed by atoms with Gasteiger partial charge < -0.3 is 14.6 Å². The normalized spacial score (nSPS) is 15.6. The van der Waals surface area contributed by atoms with Crippen LogP contribution in [0.2, 0.25) is 0 Å². The van der Waals surface area contributed by atoms with Gasteiger partial charge in [-0.25, -0.2) is 4.79 Å². The van der Waals surface area contributed by atoms with E-state index in [4.69, 9.17) is 4.42 Å². The largest absolute Gasteiger partial charge is 0.423 e. The van der Waals surface area contributed by atoms with E-state index in [2.05, 4.69) is 11.4 Å². The lowest BCUT2D eigenvalue weighted by molar-refractivity contribution is -0.885. The van der Waals surface area contributed by atoms with E-state index in [1.54, 1.807) is 6.07 Å². The molecule has 0 saturated heterocycles. The molecule has 1 aromatic carbocycles. The van der Waals surface area contributed by atoms with Gasteiger partial charge in [-0.3, -0.25) is 4.79 Å². The van der Waals surface area contributed by atoms with Crippen molar-refractivity contribution < 1.29 is 14.1 Å². The molecule has 1 aliphatic carbocycles. The molecule has 0 aliphatic heterocycles. The Morgan fingerprint density at radius 1 is 1.26 bits per heavy atom. The van der Waals surface area contributed by atoms with Gasteiger partial charge >= 0.3 is 5.63 Å². The number of benzene rings is 1. The molecule has 1 aromatic heterocycles. The molecule has 122 valence electrons. The summed E-state index contributed by atoms with van der Waals surface area (Å²) in [5.74, 6) is 0.0734. The van der Waals surface area contributed by atoms with Crippen molar-refractivity contribution >= 4 is 16.9 Å². The fourth-order valence-electron chi connectivity index (χ4n) is 2.80. The minimum Gasteiger partial charge on any atom is -0.423 e. The van der Waals surface area contributed by atoms with Crippen molar-refractivity contribution in [3.05, 3.63) is 45.3 Å². The van der Waals surface area contributed by atoms with E-state index in [0.717, 1.165) is 39.8 Å². The number of aryl methyl sites for hydroxylation is 2. The van der Waals surface area contributed by atoms with Crippen molar-refractivity contribution in [1.29, 1.82) is 0 Å². The van der Waals surface area contributed by atoms with Crippen LogP contribution in [0.15, 0.2) is 27.4 Å². The summed E-state index contributed by atoms with van der Waals surface area (Å²) in [6.07, 6.45) is 2.18. The van der Waals surface area contributed by atoms with Crippen LogP contribution >= 0.6 is 0 Å². The molecule has 23 heavy (non-hydrogen) atoms. The molecular formula is C18H23N2O3+. The number of amides is 1. The Bertz CT molecular complexity index is 806. The summed E-state index contributed by atoms with van der Waals surface area (Å²) in [4.78, 5) is 24.8. The fraction of sp³-hybridized carbons (Fsp3) is 0.444. The van der Waals surface area contributed by atoms with Crippen LogP contribution in [0.4, 0.5) is 0 Å². The zero-order chi connectivity index (χ0) is 16.6. The summed E-state index contributed by atoms with van der Waals surface area (Å²) in [6.45, 7) is 5.07. The second kappa shape index (κ2) is 6.16. The van der Waals surface area contributed by atoms with Gasteiger partial charge in [0.15, 0.2) is 6.54 Å². The van der Waals surface area contributed by atoms with Crippen molar-refractivity contribution in [3.8, 4) is 0 Å². The van der Waals surface area contributed by atoms with Crippen molar-refractivity contribution in [2.24, 2.45) is 0 Å². The van der Waals surface area contributed by atoms with E-state index >= 15 is 0 Å². The number of hydrogen-bond acceptors (Lipinski definition) is 3. The van der Waals surface area contributed by atoms with Gasteiger partial charge in [0.05, 0.1) is 7.05 Å². The van der Waals surface area contributed by atoms with E-state index in [1.807, 2.05) is 27.0 Å². The van der Waals surface area contributed by atoms with Gasteiger partial charge in [0.1, 0.15) is 12.1 Å². The summed E-state index contributed by atoms with van der Waals surface area (Å²) < 4.78 is 5.32. The van der Waals surface area contributed by atoms with E-state index in [-0.39, 0.29) is 11.5 Å². The molecule has 5 nitrogen and oxygen atoms in total. The third-order valence-corrected chi connectivity index (χ3v) is 4.34. The first kappa shape index (κ1) is 15.7. The number of nitrogens with one attached hydrogen (secondary N) is 2. The molecule has 1 amide bonds. The molecule has 3 rings (SSSR count). The number of fused-ring (bicyclic) bond motifs is 1.